The number of benzene rings is 2. The van der Waals surface area contributed by atoms with Crippen LogP contribution < -0.4 is 0 Å². The number of carbonyl (C=O) groups excluding carboxylic acids is 1. The quantitative estimate of drug-likeness (QED) is 0.585. The van der Waals surface area contributed by atoms with E-state index in [0.29, 0.717) is 16.9 Å². The fourth-order valence-electron chi connectivity index (χ4n) is 1.63. The topological polar surface area (TPSA) is 17.1 Å². The maximum Gasteiger partial charge on any atom is 0.159 e. The Labute approximate surface area is 120 Å². The molecule has 2 rings (SSSR count). The van der Waals surface area contributed by atoms with Crippen molar-refractivity contribution < 1.29 is 9.18 Å². The second-order valence-electron chi connectivity index (χ2n) is 4.09. The van der Waals surface area contributed by atoms with E-state index in [1.165, 1.54) is 24.8 Å². The molecule has 0 spiro atoms. The van der Waals surface area contributed by atoms with Gasteiger partial charge < -0.3 is 0 Å². The summed E-state index contributed by atoms with van der Waals surface area (Å²) in [5.41, 5.74) is 1.22. The highest BCUT2D eigenvalue weighted by molar-refractivity contribution is 7.98. The number of ketones is 1. The van der Waals surface area contributed by atoms with Crippen LogP contribution in [-0.2, 0) is 5.75 Å². The van der Waals surface area contributed by atoms with Crippen molar-refractivity contribution in [2.75, 3.05) is 0 Å². The molecular formula is C15H12ClFOS. The Morgan fingerprint density at radius 3 is 2.74 bits per heavy atom. The van der Waals surface area contributed by atoms with Crippen LogP contribution in [0.2, 0.25) is 5.02 Å². The molecule has 0 saturated heterocycles. The van der Waals surface area contributed by atoms with Gasteiger partial charge in [-0.1, -0.05) is 35.9 Å². The standard InChI is InChI=1S/C15H12ClFOS/c1-10(18)11-4-2-6-13(8-11)19-9-12-5-3-7-14(16)15(12)17/h2-8H,9H2,1H3. The molecule has 0 heterocycles. The number of Topliss-reactive ketones (excluding diaryl/α,β-unsaturated/α-hetero) is 1. The number of carbonyl (C=O) groups is 1. The van der Waals surface area contributed by atoms with E-state index in [2.05, 4.69) is 0 Å². The van der Waals surface area contributed by atoms with Gasteiger partial charge in [-0.15, -0.1) is 11.8 Å². The molecule has 0 aromatic heterocycles. The van der Waals surface area contributed by atoms with Gasteiger partial charge in [-0.3, -0.25) is 4.79 Å². The lowest BCUT2D eigenvalue weighted by Crippen LogP contribution is -1.92. The van der Waals surface area contributed by atoms with Crippen molar-refractivity contribution in [3.63, 3.8) is 0 Å². The minimum atomic E-state index is -0.376. The lowest BCUT2D eigenvalue weighted by Gasteiger charge is -2.05. The van der Waals surface area contributed by atoms with Gasteiger partial charge in [0.15, 0.2) is 5.78 Å². The summed E-state index contributed by atoms with van der Waals surface area (Å²) >= 11 is 7.21. The van der Waals surface area contributed by atoms with Crippen molar-refractivity contribution in [2.24, 2.45) is 0 Å². The van der Waals surface area contributed by atoms with E-state index >= 15 is 0 Å². The number of hydrogen-bond acceptors (Lipinski definition) is 2. The summed E-state index contributed by atoms with van der Waals surface area (Å²) in [5.74, 6) is 0.129. The Balaban J connectivity index is 2.12. The van der Waals surface area contributed by atoms with E-state index in [0.717, 1.165) is 4.90 Å². The van der Waals surface area contributed by atoms with Gasteiger partial charge in [0.05, 0.1) is 5.02 Å². The van der Waals surface area contributed by atoms with Gasteiger partial charge in [0, 0.05) is 16.2 Å². The Morgan fingerprint density at radius 2 is 2.00 bits per heavy atom. The third-order valence-corrected chi connectivity index (χ3v) is 4.00. The molecule has 4 heteroatoms. The Morgan fingerprint density at radius 1 is 1.26 bits per heavy atom. The molecule has 0 fully saturated rings. The van der Waals surface area contributed by atoms with E-state index in [1.807, 2.05) is 18.2 Å². The Hall–Kier alpha value is -1.32. The van der Waals surface area contributed by atoms with Crippen molar-refractivity contribution in [3.8, 4) is 0 Å². The SMILES string of the molecule is CC(=O)c1cccc(SCc2cccc(Cl)c2F)c1. The van der Waals surface area contributed by atoms with Gasteiger partial charge in [0.1, 0.15) is 5.82 Å². The summed E-state index contributed by atoms with van der Waals surface area (Å²) in [4.78, 5) is 12.2. The highest BCUT2D eigenvalue weighted by Crippen LogP contribution is 2.27. The van der Waals surface area contributed by atoms with Gasteiger partial charge in [0.25, 0.3) is 0 Å². The van der Waals surface area contributed by atoms with Crippen molar-refractivity contribution in [2.45, 2.75) is 17.6 Å². The summed E-state index contributed by atoms with van der Waals surface area (Å²) in [6.07, 6.45) is 0. The maximum atomic E-state index is 13.7. The molecule has 0 saturated carbocycles. The minimum absolute atomic E-state index is 0.0244. The van der Waals surface area contributed by atoms with E-state index in [1.54, 1.807) is 18.2 Å². The van der Waals surface area contributed by atoms with Crippen molar-refractivity contribution in [1.29, 1.82) is 0 Å². The number of thioether (sulfide) groups is 1. The van der Waals surface area contributed by atoms with Crippen LogP contribution in [0.5, 0.6) is 0 Å². The first kappa shape index (κ1) is 14.1. The Bertz CT molecular complexity index is 613. The molecular weight excluding hydrogens is 283 g/mol. The average molecular weight is 295 g/mol. The fourth-order valence-corrected chi connectivity index (χ4v) is 2.75. The summed E-state index contributed by atoms with van der Waals surface area (Å²) in [7, 11) is 0. The van der Waals surface area contributed by atoms with Crippen LogP contribution in [0.4, 0.5) is 4.39 Å². The van der Waals surface area contributed by atoms with Gasteiger partial charge in [-0.05, 0) is 30.7 Å². The molecule has 0 bridgehead atoms. The van der Waals surface area contributed by atoms with Crippen molar-refractivity contribution in [1.82, 2.24) is 0 Å². The zero-order valence-electron chi connectivity index (χ0n) is 10.3. The van der Waals surface area contributed by atoms with Crippen LogP contribution >= 0.6 is 23.4 Å². The molecule has 0 amide bonds. The number of hydrogen-bond donors (Lipinski definition) is 0. The fraction of sp³-hybridized carbons (Fsp3) is 0.133. The third-order valence-electron chi connectivity index (χ3n) is 2.67. The first-order valence-corrected chi connectivity index (χ1v) is 7.11. The molecule has 0 radical (unpaired) electrons. The predicted octanol–water partition coefficient (Wildman–Crippen LogP) is 4.97. The zero-order valence-corrected chi connectivity index (χ0v) is 11.9. The monoisotopic (exact) mass is 294 g/mol. The van der Waals surface area contributed by atoms with Gasteiger partial charge in [0.2, 0.25) is 0 Å². The molecule has 0 aliphatic heterocycles. The molecule has 0 unspecified atom stereocenters. The number of rotatable bonds is 4. The van der Waals surface area contributed by atoms with E-state index < -0.39 is 0 Å². The maximum absolute atomic E-state index is 13.7. The van der Waals surface area contributed by atoms with Crippen LogP contribution in [-0.4, -0.2) is 5.78 Å². The molecule has 0 N–H and O–H groups in total. The molecule has 2 aromatic rings. The lowest BCUT2D eigenvalue weighted by atomic mass is 10.2. The molecule has 0 aliphatic rings. The molecule has 1 nitrogen and oxygen atoms in total. The minimum Gasteiger partial charge on any atom is -0.295 e. The highest BCUT2D eigenvalue weighted by atomic mass is 35.5. The van der Waals surface area contributed by atoms with Crippen molar-refractivity contribution in [3.05, 3.63) is 64.4 Å². The second kappa shape index (κ2) is 6.22. The van der Waals surface area contributed by atoms with E-state index in [-0.39, 0.29) is 16.6 Å². The van der Waals surface area contributed by atoms with E-state index in [4.69, 9.17) is 11.6 Å². The number of halogens is 2. The molecule has 2 aromatic carbocycles. The normalized spacial score (nSPS) is 10.5. The smallest absolute Gasteiger partial charge is 0.159 e. The first-order valence-electron chi connectivity index (χ1n) is 5.74. The van der Waals surface area contributed by atoms with Crippen molar-refractivity contribution >= 4 is 29.1 Å². The van der Waals surface area contributed by atoms with E-state index in [9.17, 15) is 9.18 Å². The summed E-state index contributed by atoms with van der Waals surface area (Å²) in [6, 6.07) is 12.3. The Kier molecular flexibility index (Phi) is 4.61. The predicted molar refractivity (Wildman–Crippen MR) is 77.4 cm³/mol. The van der Waals surface area contributed by atoms with Crippen LogP contribution in [0.3, 0.4) is 0 Å². The molecule has 0 atom stereocenters. The highest BCUT2D eigenvalue weighted by Gasteiger charge is 2.07. The van der Waals surface area contributed by atoms with Crippen LogP contribution in [0.1, 0.15) is 22.8 Å². The lowest BCUT2D eigenvalue weighted by molar-refractivity contribution is 0.101. The summed E-state index contributed by atoms with van der Waals surface area (Å²) < 4.78 is 13.7. The van der Waals surface area contributed by atoms with Crippen LogP contribution in [0.15, 0.2) is 47.4 Å². The average Bonchev–Trinajstić information content (AvgIpc) is 2.41. The first-order chi connectivity index (χ1) is 9.08. The van der Waals surface area contributed by atoms with Gasteiger partial charge >= 0.3 is 0 Å². The second-order valence-corrected chi connectivity index (χ2v) is 5.54. The van der Waals surface area contributed by atoms with Gasteiger partial charge in [-0.25, -0.2) is 4.39 Å². The van der Waals surface area contributed by atoms with Crippen LogP contribution in [0, 0.1) is 5.82 Å². The summed E-state index contributed by atoms with van der Waals surface area (Å²) in [6.45, 7) is 1.53. The molecule has 19 heavy (non-hydrogen) atoms. The third kappa shape index (κ3) is 3.58. The van der Waals surface area contributed by atoms with Crippen LogP contribution in [0.25, 0.3) is 0 Å². The summed E-state index contributed by atoms with van der Waals surface area (Å²) in [5, 5.41) is 0.135. The largest absolute Gasteiger partial charge is 0.295 e. The molecule has 0 aliphatic carbocycles. The van der Waals surface area contributed by atoms with Gasteiger partial charge in [-0.2, -0.15) is 0 Å². The zero-order chi connectivity index (χ0) is 13.8. The molecule has 98 valence electrons.